The fourth-order valence-electron chi connectivity index (χ4n) is 2.03. The molecule has 20 heavy (non-hydrogen) atoms. The summed E-state index contributed by atoms with van der Waals surface area (Å²) in [5.41, 5.74) is 1.40. The number of carboxylic acid groups (broad SMARTS) is 1. The third kappa shape index (κ3) is 2.08. The second-order valence-electron chi connectivity index (χ2n) is 4.22. The quantitative estimate of drug-likeness (QED) is 0.778. The number of imidazole rings is 1. The summed E-state index contributed by atoms with van der Waals surface area (Å²) in [6.45, 7) is 0. The van der Waals surface area contributed by atoms with Gasteiger partial charge in [0.05, 0.1) is 16.6 Å². The maximum atomic E-state index is 13.6. The first-order valence-corrected chi connectivity index (χ1v) is 6.51. The first kappa shape index (κ1) is 12.8. The number of benzene rings is 2. The summed E-state index contributed by atoms with van der Waals surface area (Å²) in [5, 5.41) is 8.99. The summed E-state index contributed by atoms with van der Waals surface area (Å²) in [6.07, 6.45) is 1.54. The van der Waals surface area contributed by atoms with Gasteiger partial charge >= 0.3 is 5.97 Å². The van der Waals surface area contributed by atoms with Crippen LogP contribution in [0.25, 0.3) is 16.7 Å². The van der Waals surface area contributed by atoms with E-state index < -0.39 is 11.8 Å². The van der Waals surface area contributed by atoms with Crippen molar-refractivity contribution in [2.45, 2.75) is 0 Å². The molecule has 0 aliphatic carbocycles. The fraction of sp³-hybridized carbons (Fsp3) is 0. The lowest BCUT2D eigenvalue weighted by Gasteiger charge is -2.05. The molecule has 0 saturated heterocycles. The van der Waals surface area contributed by atoms with E-state index in [0.717, 1.165) is 16.2 Å². The summed E-state index contributed by atoms with van der Waals surface area (Å²) in [5.74, 6) is -2.09. The summed E-state index contributed by atoms with van der Waals surface area (Å²) in [7, 11) is 0. The van der Waals surface area contributed by atoms with E-state index in [1.165, 1.54) is 12.4 Å². The molecule has 3 aromatic rings. The Morgan fingerprint density at radius 2 is 2.10 bits per heavy atom. The Morgan fingerprint density at radius 3 is 2.80 bits per heavy atom. The van der Waals surface area contributed by atoms with E-state index in [2.05, 4.69) is 20.9 Å². The molecule has 2 aromatic carbocycles. The lowest BCUT2D eigenvalue weighted by atomic mass is 10.2. The molecule has 0 atom stereocenters. The monoisotopic (exact) mass is 334 g/mol. The zero-order valence-electron chi connectivity index (χ0n) is 10.0. The topological polar surface area (TPSA) is 55.1 Å². The van der Waals surface area contributed by atoms with E-state index in [-0.39, 0.29) is 5.56 Å². The van der Waals surface area contributed by atoms with E-state index >= 15 is 0 Å². The number of nitrogens with zero attached hydrogens (tertiary/aromatic N) is 2. The first-order chi connectivity index (χ1) is 9.56. The molecule has 100 valence electrons. The van der Waals surface area contributed by atoms with Crippen LogP contribution in [0.3, 0.4) is 0 Å². The Morgan fingerprint density at radius 1 is 1.30 bits per heavy atom. The van der Waals surface area contributed by atoms with E-state index in [1.54, 1.807) is 4.57 Å². The molecule has 0 fully saturated rings. The number of carbonyl (C=O) groups is 1. The number of hydrogen-bond donors (Lipinski definition) is 1. The van der Waals surface area contributed by atoms with Crippen LogP contribution in [0.1, 0.15) is 10.4 Å². The third-order valence-electron chi connectivity index (χ3n) is 2.95. The average molecular weight is 335 g/mol. The van der Waals surface area contributed by atoms with Crippen molar-refractivity contribution in [1.29, 1.82) is 0 Å². The van der Waals surface area contributed by atoms with E-state index in [9.17, 15) is 9.18 Å². The second kappa shape index (κ2) is 4.72. The van der Waals surface area contributed by atoms with Crippen molar-refractivity contribution in [3.05, 3.63) is 58.6 Å². The SMILES string of the molecule is O=C(O)c1cc2c(cc1F)ncn2-c1cccc(Br)c1. The number of carboxylic acids is 1. The van der Waals surface area contributed by atoms with Gasteiger partial charge in [-0.2, -0.15) is 0 Å². The van der Waals surface area contributed by atoms with Gasteiger partial charge in [0.1, 0.15) is 12.1 Å². The highest BCUT2D eigenvalue weighted by Crippen LogP contribution is 2.23. The van der Waals surface area contributed by atoms with Crippen LogP contribution in [-0.2, 0) is 0 Å². The van der Waals surface area contributed by atoms with Crippen molar-refractivity contribution in [3.8, 4) is 5.69 Å². The molecule has 0 saturated carbocycles. The van der Waals surface area contributed by atoms with Gasteiger partial charge in [0, 0.05) is 16.2 Å². The summed E-state index contributed by atoms with van der Waals surface area (Å²) in [6, 6.07) is 9.88. The molecule has 1 aromatic heterocycles. The number of hydrogen-bond acceptors (Lipinski definition) is 2. The molecule has 0 aliphatic heterocycles. The van der Waals surface area contributed by atoms with Crippen LogP contribution < -0.4 is 0 Å². The second-order valence-corrected chi connectivity index (χ2v) is 5.14. The minimum atomic E-state index is -1.30. The minimum absolute atomic E-state index is 0.366. The van der Waals surface area contributed by atoms with E-state index in [1.807, 2.05) is 24.3 Å². The molecule has 0 spiro atoms. The Labute approximate surface area is 121 Å². The predicted molar refractivity (Wildman–Crippen MR) is 75.7 cm³/mol. The van der Waals surface area contributed by atoms with Crippen LogP contribution in [0, 0.1) is 5.82 Å². The molecule has 0 aliphatic rings. The van der Waals surface area contributed by atoms with Crippen molar-refractivity contribution in [3.63, 3.8) is 0 Å². The molecule has 1 N–H and O–H groups in total. The van der Waals surface area contributed by atoms with Gasteiger partial charge in [0.25, 0.3) is 0 Å². The van der Waals surface area contributed by atoms with E-state index in [0.29, 0.717) is 11.0 Å². The van der Waals surface area contributed by atoms with Gasteiger partial charge in [-0.25, -0.2) is 14.2 Å². The minimum Gasteiger partial charge on any atom is -0.478 e. The fourth-order valence-corrected chi connectivity index (χ4v) is 2.41. The van der Waals surface area contributed by atoms with Crippen molar-refractivity contribution in [1.82, 2.24) is 9.55 Å². The molecule has 4 nitrogen and oxygen atoms in total. The Hall–Kier alpha value is -2.21. The highest BCUT2D eigenvalue weighted by molar-refractivity contribution is 9.10. The summed E-state index contributed by atoms with van der Waals surface area (Å²) >= 11 is 3.37. The van der Waals surface area contributed by atoms with Gasteiger partial charge in [-0.15, -0.1) is 0 Å². The largest absolute Gasteiger partial charge is 0.478 e. The Balaban J connectivity index is 2.27. The van der Waals surface area contributed by atoms with Gasteiger partial charge in [0.2, 0.25) is 0 Å². The van der Waals surface area contributed by atoms with Crippen LogP contribution in [0.4, 0.5) is 4.39 Å². The molecule has 0 amide bonds. The molecule has 3 rings (SSSR count). The molecular weight excluding hydrogens is 327 g/mol. The van der Waals surface area contributed by atoms with Gasteiger partial charge in [-0.3, -0.25) is 4.57 Å². The number of rotatable bonds is 2. The van der Waals surface area contributed by atoms with Gasteiger partial charge in [-0.05, 0) is 24.3 Å². The number of aromatic nitrogens is 2. The average Bonchev–Trinajstić information content (AvgIpc) is 2.80. The van der Waals surface area contributed by atoms with Crippen molar-refractivity contribution in [2.24, 2.45) is 0 Å². The molecule has 0 radical (unpaired) electrons. The number of fused-ring (bicyclic) bond motifs is 1. The van der Waals surface area contributed by atoms with Crippen molar-refractivity contribution in [2.75, 3.05) is 0 Å². The van der Waals surface area contributed by atoms with Crippen LogP contribution in [-0.4, -0.2) is 20.6 Å². The zero-order valence-corrected chi connectivity index (χ0v) is 11.6. The number of aromatic carboxylic acids is 1. The maximum Gasteiger partial charge on any atom is 0.338 e. The maximum absolute atomic E-state index is 13.6. The highest BCUT2D eigenvalue weighted by Gasteiger charge is 2.15. The van der Waals surface area contributed by atoms with Crippen molar-refractivity contribution < 1.29 is 14.3 Å². The molecule has 6 heteroatoms. The third-order valence-corrected chi connectivity index (χ3v) is 3.45. The standard InChI is InChI=1S/C14H8BrFN2O2/c15-8-2-1-3-9(4-8)18-7-17-12-6-11(16)10(14(19)20)5-13(12)18/h1-7H,(H,19,20). The van der Waals surface area contributed by atoms with Gasteiger partial charge in [-0.1, -0.05) is 22.0 Å². The number of halogens is 2. The van der Waals surface area contributed by atoms with Crippen LogP contribution in [0.5, 0.6) is 0 Å². The molecule has 1 heterocycles. The van der Waals surface area contributed by atoms with Crippen LogP contribution in [0.15, 0.2) is 47.2 Å². The first-order valence-electron chi connectivity index (χ1n) is 5.72. The van der Waals surface area contributed by atoms with Crippen LogP contribution >= 0.6 is 15.9 Å². The van der Waals surface area contributed by atoms with Crippen LogP contribution in [0.2, 0.25) is 0 Å². The van der Waals surface area contributed by atoms with E-state index in [4.69, 9.17) is 5.11 Å². The lowest BCUT2D eigenvalue weighted by molar-refractivity contribution is 0.0692. The lowest BCUT2D eigenvalue weighted by Crippen LogP contribution is -2.01. The molecular formula is C14H8BrFN2O2. The molecule has 0 unspecified atom stereocenters. The summed E-state index contributed by atoms with van der Waals surface area (Å²) < 4.78 is 16.2. The van der Waals surface area contributed by atoms with Crippen molar-refractivity contribution >= 4 is 32.9 Å². The summed E-state index contributed by atoms with van der Waals surface area (Å²) in [4.78, 5) is 15.1. The smallest absolute Gasteiger partial charge is 0.338 e. The zero-order chi connectivity index (χ0) is 14.3. The van der Waals surface area contributed by atoms with Gasteiger partial charge in [0.15, 0.2) is 0 Å². The predicted octanol–water partition coefficient (Wildman–Crippen LogP) is 3.63. The Bertz CT molecular complexity index is 829. The Kier molecular flexibility index (Phi) is 3.02. The molecule has 0 bridgehead atoms. The highest BCUT2D eigenvalue weighted by atomic mass is 79.9. The van der Waals surface area contributed by atoms with Gasteiger partial charge < -0.3 is 5.11 Å². The normalized spacial score (nSPS) is 10.9.